The van der Waals surface area contributed by atoms with Crippen molar-refractivity contribution in [3.8, 4) is 11.1 Å². The number of aromatic nitrogens is 2. The van der Waals surface area contributed by atoms with Gasteiger partial charge in [0.1, 0.15) is 10.9 Å². The highest BCUT2D eigenvalue weighted by Gasteiger charge is 2.23. The van der Waals surface area contributed by atoms with Gasteiger partial charge in [0.25, 0.3) is 5.56 Å². The van der Waals surface area contributed by atoms with E-state index in [1.54, 1.807) is 20.8 Å². The molecule has 0 saturated heterocycles. The number of esters is 1. The van der Waals surface area contributed by atoms with Crippen LogP contribution in [0.2, 0.25) is 0 Å². The van der Waals surface area contributed by atoms with E-state index in [9.17, 15) is 9.59 Å². The molecule has 2 heterocycles. The lowest BCUT2D eigenvalue weighted by molar-refractivity contribution is -0.151. The Hall–Kier alpha value is -2.47. The molecule has 0 N–H and O–H groups in total. The summed E-state index contributed by atoms with van der Waals surface area (Å²) in [7, 11) is 0. The molecule has 0 aliphatic carbocycles. The Bertz CT molecular complexity index is 1020. The van der Waals surface area contributed by atoms with Gasteiger partial charge >= 0.3 is 5.97 Å². The Morgan fingerprint density at radius 3 is 2.42 bits per heavy atom. The molecular formula is C20H22N2O3S. The van der Waals surface area contributed by atoms with Crippen LogP contribution in [0.25, 0.3) is 21.3 Å². The Morgan fingerprint density at radius 2 is 1.81 bits per heavy atom. The quantitative estimate of drug-likeness (QED) is 0.644. The van der Waals surface area contributed by atoms with Crippen LogP contribution < -0.4 is 5.56 Å². The van der Waals surface area contributed by atoms with Crippen molar-refractivity contribution < 1.29 is 9.53 Å². The molecule has 0 spiro atoms. The third-order valence-corrected chi connectivity index (χ3v) is 5.28. The molecule has 0 radical (unpaired) electrons. The molecule has 1 aromatic carbocycles. The minimum atomic E-state index is -0.729. The summed E-state index contributed by atoms with van der Waals surface area (Å²) in [4.78, 5) is 31.5. The summed E-state index contributed by atoms with van der Waals surface area (Å²) in [5, 5.41) is 0.558. The fourth-order valence-electron chi connectivity index (χ4n) is 2.90. The zero-order valence-electron chi connectivity index (χ0n) is 15.6. The minimum Gasteiger partial charge on any atom is -0.461 e. The summed E-state index contributed by atoms with van der Waals surface area (Å²) >= 11 is 1.49. The number of rotatable bonds is 4. The van der Waals surface area contributed by atoms with Crippen molar-refractivity contribution in [1.29, 1.82) is 0 Å². The smallest absolute Gasteiger partial charge is 0.329 e. The summed E-state index contributed by atoms with van der Waals surface area (Å²) < 4.78 is 6.60. The molecule has 0 bridgehead atoms. The van der Waals surface area contributed by atoms with Crippen molar-refractivity contribution in [2.75, 3.05) is 0 Å². The number of thiophene rings is 1. The molecule has 26 heavy (non-hydrogen) atoms. The fourth-order valence-corrected chi connectivity index (χ4v) is 3.91. The lowest BCUT2D eigenvalue weighted by Crippen LogP contribution is -2.30. The predicted molar refractivity (Wildman–Crippen MR) is 105 cm³/mol. The summed E-state index contributed by atoms with van der Waals surface area (Å²) in [6, 6.07) is 7.34. The van der Waals surface area contributed by atoms with Gasteiger partial charge in [0, 0.05) is 10.4 Å². The second-order valence-corrected chi connectivity index (χ2v) is 7.90. The van der Waals surface area contributed by atoms with E-state index >= 15 is 0 Å². The average Bonchev–Trinajstić information content (AvgIpc) is 2.92. The number of benzene rings is 1. The Balaban J connectivity index is 2.17. The van der Waals surface area contributed by atoms with E-state index in [-0.39, 0.29) is 11.7 Å². The van der Waals surface area contributed by atoms with Gasteiger partial charge in [0.2, 0.25) is 0 Å². The van der Waals surface area contributed by atoms with Gasteiger partial charge in [-0.15, -0.1) is 11.3 Å². The van der Waals surface area contributed by atoms with Crippen molar-refractivity contribution in [3.05, 3.63) is 51.4 Å². The standard InChI is InChI=1S/C20H22N2O3S/c1-11(2)25-20(24)13(4)22-10-21-18-17(19(22)23)16(14(5)26-18)15-8-6-12(3)7-9-15/h6-11,13H,1-5H3/t13-/m0/s1. The molecular weight excluding hydrogens is 348 g/mol. The highest BCUT2D eigenvalue weighted by Crippen LogP contribution is 2.35. The topological polar surface area (TPSA) is 61.2 Å². The van der Waals surface area contributed by atoms with E-state index in [1.807, 2.05) is 38.1 Å². The summed E-state index contributed by atoms with van der Waals surface area (Å²) in [5.74, 6) is -0.438. The molecule has 136 valence electrons. The van der Waals surface area contributed by atoms with Crippen LogP contribution in [0.15, 0.2) is 35.4 Å². The molecule has 0 fully saturated rings. The number of carbonyl (C=O) groups excluding carboxylic acids is 1. The van der Waals surface area contributed by atoms with E-state index in [4.69, 9.17) is 4.74 Å². The van der Waals surface area contributed by atoms with Crippen LogP contribution in [0.3, 0.4) is 0 Å². The molecule has 1 atom stereocenters. The zero-order chi connectivity index (χ0) is 19.0. The highest BCUT2D eigenvalue weighted by atomic mass is 32.1. The lowest BCUT2D eigenvalue weighted by Gasteiger charge is -2.16. The molecule has 6 heteroatoms. The van der Waals surface area contributed by atoms with Crippen LogP contribution in [0.1, 0.15) is 37.3 Å². The van der Waals surface area contributed by atoms with Crippen LogP contribution >= 0.6 is 11.3 Å². The first-order valence-electron chi connectivity index (χ1n) is 8.57. The van der Waals surface area contributed by atoms with Gasteiger partial charge in [-0.25, -0.2) is 9.78 Å². The number of carbonyl (C=O) groups is 1. The summed E-state index contributed by atoms with van der Waals surface area (Å²) in [5.41, 5.74) is 2.81. The van der Waals surface area contributed by atoms with E-state index < -0.39 is 12.0 Å². The van der Waals surface area contributed by atoms with E-state index in [1.165, 1.54) is 22.2 Å². The monoisotopic (exact) mass is 370 g/mol. The first-order chi connectivity index (χ1) is 12.3. The zero-order valence-corrected chi connectivity index (χ0v) is 16.4. The molecule has 0 amide bonds. The third kappa shape index (κ3) is 3.29. The van der Waals surface area contributed by atoms with Crippen LogP contribution in [-0.4, -0.2) is 21.6 Å². The molecule has 5 nitrogen and oxygen atoms in total. The van der Waals surface area contributed by atoms with Gasteiger partial charge < -0.3 is 4.74 Å². The summed E-state index contributed by atoms with van der Waals surface area (Å²) in [6.45, 7) is 9.24. The summed E-state index contributed by atoms with van der Waals surface area (Å²) in [6.07, 6.45) is 1.20. The molecule has 0 saturated carbocycles. The van der Waals surface area contributed by atoms with Crippen LogP contribution in [0.5, 0.6) is 0 Å². The number of hydrogen-bond acceptors (Lipinski definition) is 5. The first kappa shape index (κ1) is 18.3. The maximum Gasteiger partial charge on any atom is 0.329 e. The normalized spacial score (nSPS) is 12.5. The highest BCUT2D eigenvalue weighted by molar-refractivity contribution is 7.19. The molecule has 2 aromatic heterocycles. The number of fused-ring (bicyclic) bond motifs is 1. The van der Waals surface area contributed by atoms with Crippen molar-refractivity contribution in [2.45, 2.75) is 46.8 Å². The number of aryl methyl sites for hydroxylation is 2. The largest absolute Gasteiger partial charge is 0.461 e. The van der Waals surface area contributed by atoms with Crippen LogP contribution in [-0.2, 0) is 9.53 Å². The SMILES string of the molecule is Cc1ccc(-c2c(C)sc3ncn([C@@H](C)C(=O)OC(C)C)c(=O)c23)cc1. The maximum absolute atomic E-state index is 13.2. The van der Waals surface area contributed by atoms with Crippen molar-refractivity contribution in [2.24, 2.45) is 0 Å². The van der Waals surface area contributed by atoms with Gasteiger partial charge in [-0.1, -0.05) is 29.8 Å². The van der Waals surface area contributed by atoms with Crippen LogP contribution in [0, 0.1) is 13.8 Å². The second kappa shape index (κ2) is 7.03. The van der Waals surface area contributed by atoms with Crippen LogP contribution in [0.4, 0.5) is 0 Å². The maximum atomic E-state index is 13.2. The molecule has 0 aliphatic rings. The predicted octanol–water partition coefficient (Wildman–Crippen LogP) is 4.25. The van der Waals surface area contributed by atoms with Gasteiger partial charge in [-0.2, -0.15) is 0 Å². The van der Waals surface area contributed by atoms with Gasteiger partial charge in [0.05, 0.1) is 17.8 Å². The molecule has 3 aromatic rings. The van der Waals surface area contributed by atoms with Crippen molar-refractivity contribution in [3.63, 3.8) is 0 Å². The number of hydrogen-bond donors (Lipinski definition) is 0. The number of nitrogens with zero attached hydrogens (tertiary/aromatic N) is 2. The van der Waals surface area contributed by atoms with E-state index in [2.05, 4.69) is 4.98 Å². The van der Waals surface area contributed by atoms with E-state index in [0.717, 1.165) is 21.6 Å². The van der Waals surface area contributed by atoms with Crippen molar-refractivity contribution >= 4 is 27.5 Å². The van der Waals surface area contributed by atoms with Gasteiger partial charge in [-0.3, -0.25) is 9.36 Å². The van der Waals surface area contributed by atoms with Crippen molar-refractivity contribution in [1.82, 2.24) is 9.55 Å². The minimum absolute atomic E-state index is 0.219. The third-order valence-electron chi connectivity index (χ3n) is 4.26. The molecule has 0 unspecified atom stereocenters. The molecule has 3 rings (SSSR count). The van der Waals surface area contributed by atoms with E-state index in [0.29, 0.717) is 10.2 Å². The van der Waals surface area contributed by atoms with Gasteiger partial charge in [0.15, 0.2) is 0 Å². The Labute approximate surface area is 156 Å². The molecule has 0 aliphatic heterocycles. The fraction of sp³-hybridized carbons (Fsp3) is 0.350. The van der Waals surface area contributed by atoms with Gasteiger partial charge in [-0.05, 0) is 40.2 Å². The Kier molecular flexibility index (Phi) is 4.96. The average molecular weight is 370 g/mol. The lowest BCUT2D eigenvalue weighted by atomic mass is 10.0. The Morgan fingerprint density at radius 1 is 1.15 bits per heavy atom. The second-order valence-electron chi connectivity index (χ2n) is 6.70. The number of ether oxygens (including phenoxy) is 1. The first-order valence-corrected chi connectivity index (χ1v) is 9.39.